The molecule has 3 aromatic heterocycles. The van der Waals surface area contributed by atoms with Crippen molar-refractivity contribution >= 4 is 39.8 Å². The summed E-state index contributed by atoms with van der Waals surface area (Å²) in [4.78, 5) is 3.37. The monoisotopic (exact) mass is 526 g/mol. The molecule has 37 heavy (non-hydrogen) atoms. The molecule has 8 heteroatoms. The lowest BCUT2D eigenvalue weighted by Gasteiger charge is -2.29. The molecule has 0 saturated carbocycles. The number of nitrogens with zero attached hydrogens (tertiary/aromatic N) is 6. The highest BCUT2D eigenvalue weighted by atomic mass is 35.5. The maximum Gasteiger partial charge on any atom is 0.180 e. The molecule has 1 atom stereocenters. The van der Waals surface area contributed by atoms with Gasteiger partial charge in [0.2, 0.25) is 0 Å². The lowest BCUT2D eigenvalue weighted by molar-refractivity contribution is 0.746. The Bertz CT molecular complexity index is 1740. The molecule has 6 nitrogen and oxygen atoms in total. The normalized spacial score (nSPS) is 13.3. The summed E-state index contributed by atoms with van der Waals surface area (Å²) in [5.74, 6) is 0. The molecule has 1 unspecified atom stereocenters. The Morgan fingerprint density at radius 1 is 0.946 bits per heavy atom. The Kier molecular flexibility index (Phi) is 5.94. The first-order valence-electron chi connectivity index (χ1n) is 12.2. The fraction of sp³-hybridized carbons (Fsp3) is 0.172. The van der Waals surface area contributed by atoms with Crippen LogP contribution in [0.4, 0.5) is 0 Å². The second-order valence-electron chi connectivity index (χ2n) is 9.24. The van der Waals surface area contributed by atoms with Gasteiger partial charge in [0.15, 0.2) is 5.65 Å². The Balaban J connectivity index is 1.65. The zero-order valence-electron chi connectivity index (χ0n) is 20.4. The number of hydrogen-bond acceptors (Lipinski definition) is 4. The molecule has 0 radical (unpaired) electrons. The number of halogens is 2. The summed E-state index contributed by atoms with van der Waals surface area (Å²) in [6.45, 7) is 2.19. The van der Waals surface area contributed by atoms with Gasteiger partial charge in [-0.05, 0) is 75.0 Å². The second kappa shape index (κ2) is 9.29. The summed E-state index contributed by atoms with van der Waals surface area (Å²) in [7, 11) is 1.95. The number of hydrogen-bond donors (Lipinski definition) is 0. The molecule has 0 amide bonds. The molecule has 0 aliphatic rings. The minimum atomic E-state index is -0.999. The fourth-order valence-electron chi connectivity index (χ4n) is 5.07. The van der Waals surface area contributed by atoms with Crippen molar-refractivity contribution in [1.29, 1.82) is 0 Å². The van der Waals surface area contributed by atoms with E-state index in [0.717, 1.165) is 51.7 Å². The smallest absolute Gasteiger partial charge is 0.180 e. The molecular weight excluding hydrogens is 503 g/mol. The van der Waals surface area contributed by atoms with Crippen LogP contribution in [0, 0.1) is 0 Å². The van der Waals surface area contributed by atoms with Crippen LogP contribution in [0.5, 0.6) is 0 Å². The van der Waals surface area contributed by atoms with E-state index in [1.54, 1.807) is 10.8 Å². The molecule has 0 aliphatic carbocycles. The van der Waals surface area contributed by atoms with Crippen molar-refractivity contribution in [1.82, 2.24) is 29.6 Å². The van der Waals surface area contributed by atoms with E-state index in [2.05, 4.69) is 57.8 Å². The second-order valence-corrected chi connectivity index (χ2v) is 10.2. The maximum absolute atomic E-state index is 7.63. The standard InChI is InChI=1S/C29H24Cl2N6/c1-3-5-19-6-4-7-20(14-19)24-16-28-33-34-35-37(28)26-13-10-22(15-25(24)26)29(31,27-17-32-18-36(27)2)21-8-11-23(30)12-9-21/h4,6-18H,3,5H2,1-2H3. The number of aromatic nitrogens is 6. The lowest BCUT2D eigenvalue weighted by Crippen LogP contribution is -2.25. The van der Waals surface area contributed by atoms with Crippen molar-refractivity contribution in [3.63, 3.8) is 0 Å². The largest absolute Gasteiger partial charge is 0.336 e. The molecule has 0 bridgehead atoms. The number of tetrazole rings is 1. The minimum absolute atomic E-state index is 0.654. The number of alkyl halides is 1. The number of aryl methyl sites for hydroxylation is 2. The predicted molar refractivity (Wildman–Crippen MR) is 148 cm³/mol. The van der Waals surface area contributed by atoms with Crippen molar-refractivity contribution in [2.24, 2.45) is 7.05 Å². The summed E-state index contributed by atoms with van der Waals surface area (Å²) in [6.07, 6.45) is 5.68. The molecule has 3 aromatic carbocycles. The first-order valence-corrected chi connectivity index (χ1v) is 12.9. The van der Waals surface area contributed by atoms with E-state index < -0.39 is 4.87 Å². The van der Waals surface area contributed by atoms with Gasteiger partial charge in [-0.3, -0.25) is 0 Å². The van der Waals surface area contributed by atoms with Crippen LogP contribution in [0.3, 0.4) is 0 Å². The zero-order valence-corrected chi connectivity index (χ0v) is 21.9. The number of rotatable bonds is 6. The number of fused-ring (bicyclic) bond motifs is 3. The first-order chi connectivity index (χ1) is 18.0. The Morgan fingerprint density at radius 3 is 2.51 bits per heavy atom. The summed E-state index contributed by atoms with van der Waals surface area (Å²) in [5, 5.41) is 14.1. The van der Waals surface area contributed by atoms with Crippen LogP contribution in [-0.4, -0.2) is 29.6 Å². The van der Waals surface area contributed by atoms with Gasteiger partial charge < -0.3 is 4.57 Å². The van der Waals surface area contributed by atoms with E-state index in [-0.39, 0.29) is 0 Å². The minimum Gasteiger partial charge on any atom is -0.336 e. The first kappa shape index (κ1) is 23.6. The van der Waals surface area contributed by atoms with E-state index >= 15 is 0 Å². The summed E-state index contributed by atoms with van der Waals surface area (Å²) >= 11 is 13.9. The zero-order chi connectivity index (χ0) is 25.6. The lowest BCUT2D eigenvalue weighted by atomic mass is 9.86. The molecule has 6 rings (SSSR count). The van der Waals surface area contributed by atoms with E-state index in [1.165, 1.54) is 5.56 Å². The van der Waals surface area contributed by atoms with Crippen molar-refractivity contribution in [3.05, 3.63) is 113 Å². The highest BCUT2D eigenvalue weighted by Gasteiger charge is 2.37. The topological polar surface area (TPSA) is 60.9 Å². The van der Waals surface area contributed by atoms with Gasteiger partial charge in [0, 0.05) is 17.5 Å². The van der Waals surface area contributed by atoms with E-state index in [0.29, 0.717) is 10.7 Å². The van der Waals surface area contributed by atoms with Gasteiger partial charge in [-0.25, -0.2) is 4.98 Å². The van der Waals surface area contributed by atoms with Gasteiger partial charge in [-0.2, -0.15) is 4.52 Å². The van der Waals surface area contributed by atoms with Crippen LogP contribution >= 0.6 is 23.2 Å². The van der Waals surface area contributed by atoms with Gasteiger partial charge in [-0.1, -0.05) is 67.4 Å². The van der Waals surface area contributed by atoms with Crippen LogP contribution in [0.15, 0.2) is 85.3 Å². The van der Waals surface area contributed by atoms with Crippen molar-refractivity contribution in [2.45, 2.75) is 24.6 Å². The third kappa shape index (κ3) is 3.97. The number of benzene rings is 3. The Labute approximate surface area is 224 Å². The molecule has 0 saturated heterocycles. The van der Waals surface area contributed by atoms with E-state index in [1.807, 2.05) is 60.3 Å². The Hall–Kier alpha value is -3.74. The SMILES string of the molecule is CCCc1cccc(-c2cc3nnnn3c3ccc(C(Cl)(c4ccc(Cl)cc4)c4cncn4C)cc23)c1. The molecule has 0 aliphatic heterocycles. The van der Waals surface area contributed by atoms with Gasteiger partial charge in [0.05, 0.1) is 23.7 Å². The highest BCUT2D eigenvalue weighted by Crippen LogP contribution is 2.45. The molecular formula is C29H24Cl2N6. The molecule has 0 spiro atoms. The number of imidazole rings is 1. The predicted octanol–water partition coefficient (Wildman–Crippen LogP) is 6.81. The molecule has 6 aromatic rings. The average Bonchev–Trinajstić information content (AvgIpc) is 3.57. The fourth-order valence-corrected chi connectivity index (χ4v) is 5.62. The van der Waals surface area contributed by atoms with Crippen LogP contribution < -0.4 is 0 Å². The average molecular weight is 527 g/mol. The Morgan fingerprint density at radius 2 is 1.76 bits per heavy atom. The third-order valence-electron chi connectivity index (χ3n) is 6.87. The highest BCUT2D eigenvalue weighted by molar-refractivity contribution is 6.31. The molecule has 184 valence electrons. The van der Waals surface area contributed by atoms with Crippen molar-refractivity contribution in [2.75, 3.05) is 0 Å². The quantitative estimate of drug-likeness (QED) is 0.223. The number of pyridine rings is 1. The summed E-state index contributed by atoms with van der Waals surface area (Å²) in [5.41, 5.74) is 7.72. The van der Waals surface area contributed by atoms with E-state index in [9.17, 15) is 0 Å². The van der Waals surface area contributed by atoms with Crippen molar-refractivity contribution < 1.29 is 0 Å². The van der Waals surface area contributed by atoms with Gasteiger partial charge in [0.1, 0.15) is 4.87 Å². The third-order valence-corrected chi connectivity index (χ3v) is 7.75. The summed E-state index contributed by atoms with van der Waals surface area (Å²) in [6, 6.07) is 24.6. The summed E-state index contributed by atoms with van der Waals surface area (Å²) < 4.78 is 3.71. The van der Waals surface area contributed by atoms with Crippen LogP contribution in [0.2, 0.25) is 5.02 Å². The van der Waals surface area contributed by atoms with Gasteiger partial charge in [-0.15, -0.1) is 16.7 Å². The molecule has 0 N–H and O–H groups in total. The molecule has 3 heterocycles. The van der Waals surface area contributed by atoms with Gasteiger partial charge >= 0.3 is 0 Å². The van der Waals surface area contributed by atoms with Crippen LogP contribution in [0.1, 0.15) is 35.7 Å². The molecule has 0 fully saturated rings. The van der Waals surface area contributed by atoms with E-state index in [4.69, 9.17) is 23.2 Å². The van der Waals surface area contributed by atoms with Crippen LogP contribution in [0.25, 0.3) is 27.7 Å². The maximum atomic E-state index is 7.63. The van der Waals surface area contributed by atoms with Crippen LogP contribution in [-0.2, 0) is 18.3 Å². The van der Waals surface area contributed by atoms with Gasteiger partial charge in [0.25, 0.3) is 0 Å². The van der Waals surface area contributed by atoms with Crippen molar-refractivity contribution in [3.8, 4) is 11.1 Å².